The van der Waals surface area contributed by atoms with E-state index in [1.165, 1.54) is 23.6 Å². The molecule has 0 atom stereocenters. The molecule has 8 nitrogen and oxygen atoms in total. The van der Waals surface area contributed by atoms with Crippen LogP contribution in [0.4, 0.5) is 5.69 Å². The summed E-state index contributed by atoms with van der Waals surface area (Å²) in [6.45, 7) is 1.42. The number of fused-ring (bicyclic) bond motifs is 1. The fraction of sp³-hybridized carbons (Fsp3) is 0.438. The molecule has 0 aromatic heterocycles. The fourth-order valence-corrected chi connectivity index (χ4v) is 8.51. The van der Waals surface area contributed by atoms with Gasteiger partial charge in [-0.3, -0.25) is 9.59 Å². The molecule has 216 valence electrons. The summed E-state index contributed by atoms with van der Waals surface area (Å²) >= 11 is 0. The van der Waals surface area contributed by atoms with Crippen LogP contribution < -0.4 is 10.2 Å². The minimum Gasteiger partial charge on any atom is -0.354 e. The van der Waals surface area contributed by atoms with Crippen molar-refractivity contribution in [1.82, 2.24) is 14.5 Å². The van der Waals surface area contributed by atoms with Crippen molar-refractivity contribution in [3.63, 3.8) is 0 Å². The predicted octanol–water partition coefficient (Wildman–Crippen LogP) is 4.37. The highest BCUT2D eigenvalue weighted by molar-refractivity contribution is 7.89. The highest BCUT2D eigenvalue weighted by Crippen LogP contribution is 2.41. The van der Waals surface area contributed by atoms with Crippen molar-refractivity contribution >= 4 is 38.3 Å². The zero-order valence-electron chi connectivity index (χ0n) is 23.4. The average molecular weight is 575 g/mol. The van der Waals surface area contributed by atoms with Gasteiger partial charge < -0.3 is 15.1 Å². The third-order valence-corrected chi connectivity index (χ3v) is 11.1. The number of carbonyl (C=O) groups is 2. The van der Waals surface area contributed by atoms with Gasteiger partial charge in [0.1, 0.15) is 12.1 Å². The van der Waals surface area contributed by atoms with E-state index in [-0.39, 0.29) is 31.4 Å². The molecule has 0 bridgehead atoms. The van der Waals surface area contributed by atoms with Crippen LogP contribution in [-0.2, 0) is 19.6 Å². The van der Waals surface area contributed by atoms with Crippen LogP contribution in [0.2, 0.25) is 0 Å². The molecule has 3 fully saturated rings. The molecule has 6 rings (SSSR count). The smallest absolute Gasteiger partial charge is 0.250 e. The maximum atomic E-state index is 14.0. The molecule has 1 N–H and O–H groups in total. The second kappa shape index (κ2) is 11.4. The molecule has 2 amide bonds. The summed E-state index contributed by atoms with van der Waals surface area (Å²) in [6, 6.07) is 22.6. The van der Waals surface area contributed by atoms with E-state index in [1.54, 1.807) is 17.0 Å². The Morgan fingerprint density at radius 1 is 0.878 bits per heavy atom. The molecule has 41 heavy (non-hydrogen) atoms. The van der Waals surface area contributed by atoms with Gasteiger partial charge >= 0.3 is 0 Å². The molecule has 0 radical (unpaired) electrons. The van der Waals surface area contributed by atoms with Gasteiger partial charge in [-0.1, -0.05) is 73.9 Å². The Morgan fingerprint density at radius 3 is 2.32 bits per heavy atom. The molecule has 1 aliphatic carbocycles. The maximum Gasteiger partial charge on any atom is 0.250 e. The summed E-state index contributed by atoms with van der Waals surface area (Å²) in [7, 11) is -3.76. The number of hydrogen-bond acceptors (Lipinski definition) is 5. The van der Waals surface area contributed by atoms with E-state index in [0.29, 0.717) is 42.3 Å². The number of nitrogens with zero attached hydrogens (tertiary/aromatic N) is 3. The summed E-state index contributed by atoms with van der Waals surface area (Å²) in [4.78, 5) is 31.0. The van der Waals surface area contributed by atoms with E-state index in [9.17, 15) is 18.0 Å². The van der Waals surface area contributed by atoms with E-state index in [2.05, 4.69) is 10.2 Å². The third kappa shape index (κ3) is 5.33. The maximum absolute atomic E-state index is 14.0. The van der Waals surface area contributed by atoms with Crippen molar-refractivity contribution < 1.29 is 18.0 Å². The fourth-order valence-electron chi connectivity index (χ4n) is 6.86. The Hall–Kier alpha value is -3.43. The van der Waals surface area contributed by atoms with Crippen molar-refractivity contribution in [3.8, 4) is 0 Å². The van der Waals surface area contributed by atoms with Gasteiger partial charge in [0.25, 0.3) is 0 Å². The average Bonchev–Trinajstić information content (AvgIpc) is 3.27. The normalized spacial score (nSPS) is 20.1. The molecule has 2 saturated heterocycles. The van der Waals surface area contributed by atoms with Crippen molar-refractivity contribution in [2.75, 3.05) is 37.7 Å². The van der Waals surface area contributed by atoms with Crippen LogP contribution in [0.1, 0.15) is 44.9 Å². The van der Waals surface area contributed by atoms with Crippen LogP contribution in [-0.4, -0.2) is 67.8 Å². The van der Waals surface area contributed by atoms with Gasteiger partial charge in [-0.15, -0.1) is 0 Å². The highest BCUT2D eigenvalue weighted by Gasteiger charge is 2.55. The van der Waals surface area contributed by atoms with Gasteiger partial charge in [0.15, 0.2) is 0 Å². The number of anilines is 1. The molecule has 2 aliphatic heterocycles. The van der Waals surface area contributed by atoms with Gasteiger partial charge in [-0.05, 0) is 55.2 Å². The lowest BCUT2D eigenvalue weighted by atomic mass is 9.86. The first-order valence-electron chi connectivity index (χ1n) is 14.8. The minimum atomic E-state index is -3.76. The topological polar surface area (TPSA) is 90.0 Å². The Labute approximate surface area is 242 Å². The van der Waals surface area contributed by atoms with Crippen molar-refractivity contribution in [2.24, 2.45) is 5.92 Å². The molecule has 3 aromatic rings. The molecule has 3 aliphatic rings. The Bertz CT molecular complexity index is 1510. The number of nitrogens with one attached hydrogen (secondary N) is 1. The molecule has 2 heterocycles. The van der Waals surface area contributed by atoms with Gasteiger partial charge in [-0.25, -0.2) is 8.42 Å². The second-order valence-corrected chi connectivity index (χ2v) is 13.5. The number of para-hydroxylation sites is 1. The van der Waals surface area contributed by atoms with E-state index in [1.807, 2.05) is 60.7 Å². The Balaban J connectivity index is 1.20. The lowest BCUT2D eigenvalue weighted by Crippen LogP contribution is -2.57. The number of benzene rings is 3. The molecule has 1 saturated carbocycles. The first-order chi connectivity index (χ1) is 19.9. The molecule has 0 unspecified atom stereocenters. The first-order valence-corrected chi connectivity index (χ1v) is 16.2. The predicted molar refractivity (Wildman–Crippen MR) is 160 cm³/mol. The summed E-state index contributed by atoms with van der Waals surface area (Å²) < 4.78 is 29.1. The number of carbonyl (C=O) groups excluding carboxylic acids is 2. The summed E-state index contributed by atoms with van der Waals surface area (Å²) in [5, 5.41) is 4.64. The first kappa shape index (κ1) is 27.7. The zero-order valence-corrected chi connectivity index (χ0v) is 24.2. The number of sulfonamides is 1. The largest absolute Gasteiger partial charge is 0.354 e. The van der Waals surface area contributed by atoms with Gasteiger partial charge in [-0.2, -0.15) is 4.31 Å². The van der Waals surface area contributed by atoms with Crippen LogP contribution in [0.5, 0.6) is 0 Å². The quantitative estimate of drug-likeness (QED) is 0.453. The van der Waals surface area contributed by atoms with Crippen LogP contribution in [0.15, 0.2) is 77.7 Å². The van der Waals surface area contributed by atoms with Crippen LogP contribution in [0.25, 0.3) is 10.8 Å². The van der Waals surface area contributed by atoms with Crippen molar-refractivity contribution in [3.05, 3.63) is 72.8 Å². The standard InChI is InChI=1S/C32H38N4O4S/c37-30(33-22-25-10-3-1-4-11-25)23-34-24-36(27-14-5-2-6-15-27)32(31(34)38)18-20-35(21-19-32)41(39,40)29-17-9-13-26-12-7-8-16-28(26)29/h2,5-9,12-17,25H,1,3-4,10-11,18-24H2,(H,33,37). The number of amides is 2. The van der Waals surface area contributed by atoms with Crippen LogP contribution in [0.3, 0.4) is 0 Å². The number of piperidine rings is 1. The monoisotopic (exact) mass is 574 g/mol. The van der Waals surface area contributed by atoms with Gasteiger partial charge in [0.2, 0.25) is 21.8 Å². The molecular formula is C32H38N4O4S. The van der Waals surface area contributed by atoms with Crippen molar-refractivity contribution in [2.45, 2.75) is 55.4 Å². The molecule has 3 aromatic carbocycles. The second-order valence-electron chi connectivity index (χ2n) is 11.6. The van der Waals surface area contributed by atoms with Crippen LogP contribution >= 0.6 is 0 Å². The van der Waals surface area contributed by atoms with Gasteiger partial charge in [0, 0.05) is 30.7 Å². The summed E-state index contributed by atoms with van der Waals surface area (Å²) in [5.41, 5.74) is 0.00630. The molecule has 9 heteroatoms. The Morgan fingerprint density at radius 2 is 1.56 bits per heavy atom. The van der Waals surface area contributed by atoms with Crippen molar-refractivity contribution in [1.29, 1.82) is 0 Å². The lowest BCUT2D eigenvalue weighted by molar-refractivity contribution is -0.137. The summed E-state index contributed by atoms with van der Waals surface area (Å²) in [6.07, 6.45) is 6.69. The van der Waals surface area contributed by atoms with Crippen LogP contribution in [0, 0.1) is 5.92 Å². The zero-order chi connectivity index (χ0) is 28.5. The minimum absolute atomic E-state index is 0.00859. The van der Waals surface area contributed by atoms with E-state index < -0.39 is 15.6 Å². The SMILES string of the molecule is O=C(CN1CN(c2ccccc2)C2(CCN(S(=O)(=O)c3cccc4ccccc34)CC2)C1=O)NCC1CCCCC1. The summed E-state index contributed by atoms with van der Waals surface area (Å²) in [5.74, 6) is 0.281. The number of hydrogen-bond donors (Lipinski definition) is 1. The molecular weight excluding hydrogens is 536 g/mol. The number of rotatable bonds is 7. The van der Waals surface area contributed by atoms with E-state index in [0.717, 1.165) is 23.9 Å². The van der Waals surface area contributed by atoms with Gasteiger partial charge in [0.05, 0.1) is 11.6 Å². The molecule has 1 spiro atoms. The van der Waals surface area contributed by atoms with E-state index >= 15 is 0 Å². The van der Waals surface area contributed by atoms with E-state index in [4.69, 9.17) is 0 Å². The third-order valence-electron chi connectivity index (χ3n) is 9.15. The lowest BCUT2D eigenvalue weighted by Gasteiger charge is -2.42. The highest BCUT2D eigenvalue weighted by atomic mass is 32.2. The Kier molecular flexibility index (Phi) is 7.74.